The van der Waals surface area contributed by atoms with E-state index in [1.54, 1.807) is 18.2 Å². The first-order chi connectivity index (χ1) is 9.10. The zero-order valence-electron chi connectivity index (χ0n) is 10.9. The highest BCUT2D eigenvalue weighted by Crippen LogP contribution is 2.19. The molecule has 3 N–H and O–H groups in total. The van der Waals surface area contributed by atoms with Gasteiger partial charge in [0, 0.05) is 11.4 Å². The molecule has 19 heavy (non-hydrogen) atoms. The maximum absolute atomic E-state index is 11.5. The number of benzene rings is 1. The Hall–Kier alpha value is -2.43. The molecule has 0 aliphatic heterocycles. The molecule has 0 aliphatic carbocycles. The molecule has 0 bridgehead atoms. The largest absolute Gasteiger partial charge is 0.465 e. The van der Waals surface area contributed by atoms with Gasteiger partial charge in [-0.25, -0.2) is 4.79 Å². The topological polar surface area (TPSA) is 77.5 Å². The summed E-state index contributed by atoms with van der Waals surface area (Å²) in [5.41, 5.74) is 7.26. The predicted molar refractivity (Wildman–Crippen MR) is 73.0 cm³/mol. The van der Waals surface area contributed by atoms with E-state index in [0.717, 1.165) is 17.2 Å². The van der Waals surface area contributed by atoms with Gasteiger partial charge in [0.25, 0.3) is 0 Å². The standard InChI is InChI=1S/C14H16N2O3/c1-9-3-5-11(19-9)8-16-10-4-6-13(15)12(7-10)14(17)18-2/h3-7,16H,8,15H2,1-2H3. The Morgan fingerprint density at radius 1 is 1.37 bits per heavy atom. The molecule has 0 saturated heterocycles. The number of aryl methyl sites for hydroxylation is 1. The van der Waals surface area contributed by atoms with Gasteiger partial charge in [-0.15, -0.1) is 0 Å². The maximum atomic E-state index is 11.5. The van der Waals surface area contributed by atoms with E-state index in [2.05, 4.69) is 10.1 Å². The molecule has 0 saturated carbocycles. The number of hydrogen-bond acceptors (Lipinski definition) is 5. The van der Waals surface area contributed by atoms with E-state index >= 15 is 0 Å². The second-order valence-corrected chi connectivity index (χ2v) is 4.16. The minimum absolute atomic E-state index is 0.350. The lowest BCUT2D eigenvalue weighted by Gasteiger charge is -2.08. The summed E-state index contributed by atoms with van der Waals surface area (Å²) in [6.45, 7) is 2.43. The van der Waals surface area contributed by atoms with Crippen LogP contribution in [0.3, 0.4) is 0 Å². The maximum Gasteiger partial charge on any atom is 0.340 e. The number of nitrogens with one attached hydrogen (secondary N) is 1. The Labute approximate surface area is 111 Å². The minimum Gasteiger partial charge on any atom is -0.465 e. The van der Waals surface area contributed by atoms with Gasteiger partial charge >= 0.3 is 5.97 Å². The van der Waals surface area contributed by atoms with E-state index < -0.39 is 5.97 Å². The van der Waals surface area contributed by atoms with Crippen molar-refractivity contribution in [3.8, 4) is 0 Å². The number of esters is 1. The fourth-order valence-electron chi connectivity index (χ4n) is 1.72. The smallest absolute Gasteiger partial charge is 0.340 e. The zero-order chi connectivity index (χ0) is 13.8. The minimum atomic E-state index is -0.449. The molecule has 0 unspecified atom stereocenters. The van der Waals surface area contributed by atoms with Crippen LogP contribution >= 0.6 is 0 Å². The van der Waals surface area contributed by atoms with Crippen molar-refractivity contribution in [3.05, 3.63) is 47.4 Å². The molecule has 100 valence electrons. The van der Waals surface area contributed by atoms with Gasteiger partial charge in [0.2, 0.25) is 0 Å². The summed E-state index contributed by atoms with van der Waals surface area (Å²) in [7, 11) is 1.33. The van der Waals surface area contributed by atoms with E-state index in [1.807, 2.05) is 19.1 Å². The van der Waals surface area contributed by atoms with Crippen LogP contribution in [-0.2, 0) is 11.3 Å². The third-order valence-electron chi connectivity index (χ3n) is 2.72. The van der Waals surface area contributed by atoms with Crippen LogP contribution in [0, 0.1) is 6.92 Å². The Kier molecular flexibility index (Phi) is 3.75. The van der Waals surface area contributed by atoms with Crippen LogP contribution in [0.1, 0.15) is 21.9 Å². The van der Waals surface area contributed by atoms with Crippen LogP contribution in [0.5, 0.6) is 0 Å². The van der Waals surface area contributed by atoms with Gasteiger partial charge in [0.1, 0.15) is 11.5 Å². The number of hydrogen-bond donors (Lipinski definition) is 2. The molecule has 1 heterocycles. The van der Waals surface area contributed by atoms with Gasteiger partial charge in [0.15, 0.2) is 0 Å². The van der Waals surface area contributed by atoms with Gasteiger partial charge in [-0.1, -0.05) is 0 Å². The van der Waals surface area contributed by atoms with Gasteiger partial charge in [-0.2, -0.15) is 0 Å². The molecule has 2 aromatic rings. The number of carbonyl (C=O) groups is 1. The second kappa shape index (κ2) is 5.48. The van der Waals surface area contributed by atoms with E-state index in [1.165, 1.54) is 7.11 Å². The molecule has 2 rings (SSSR count). The van der Waals surface area contributed by atoms with Gasteiger partial charge in [0.05, 0.1) is 19.2 Å². The van der Waals surface area contributed by atoms with Crippen molar-refractivity contribution in [2.45, 2.75) is 13.5 Å². The van der Waals surface area contributed by atoms with Gasteiger partial charge in [-0.05, 0) is 37.3 Å². The van der Waals surface area contributed by atoms with Crippen molar-refractivity contribution in [1.82, 2.24) is 0 Å². The van der Waals surface area contributed by atoms with Crippen LogP contribution in [-0.4, -0.2) is 13.1 Å². The molecule has 0 atom stereocenters. The van der Waals surface area contributed by atoms with Crippen LogP contribution in [0.4, 0.5) is 11.4 Å². The summed E-state index contributed by atoms with van der Waals surface area (Å²) in [6, 6.07) is 8.94. The van der Waals surface area contributed by atoms with Crippen LogP contribution in [0.2, 0.25) is 0 Å². The Morgan fingerprint density at radius 2 is 2.16 bits per heavy atom. The molecule has 5 nitrogen and oxygen atoms in total. The number of carbonyl (C=O) groups excluding carboxylic acids is 1. The Balaban J connectivity index is 2.10. The highest BCUT2D eigenvalue weighted by atomic mass is 16.5. The van der Waals surface area contributed by atoms with Crippen molar-refractivity contribution in [2.24, 2.45) is 0 Å². The first-order valence-electron chi connectivity index (χ1n) is 5.87. The molecule has 0 fully saturated rings. The highest BCUT2D eigenvalue weighted by Gasteiger charge is 2.10. The average molecular weight is 260 g/mol. The van der Waals surface area contributed by atoms with Crippen molar-refractivity contribution in [3.63, 3.8) is 0 Å². The van der Waals surface area contributed by atoms with Crippen LogP contribution in [0.25, 0.3) is 0 Å². The van der Waals surface area contributed by atoms with Crippen molar-refractivity contribution in [2.75, 3.05) is 18.2 Å². The van der Waals surface area contributed by atoms with Crippen molar-refractivity contribution in [1.29, 1.82) is 0 Å². The molecule has 0 amide bonds. The fourth-order valence-corrected chi connectivity index (χ4v) is 1.72. The number of methoxy groups -OCH3 is 1. The number of nitrogen functional groups attached to an aromatic ring is 1. The van der Waals surface area contributed by atoms with E-state index in [0.29, 0.717) is 17.8 Å². The van der Waals surface area contributed by atoms with Gasteiger partial charge in [-0.3, -0.25) is 0 Å². The van der Waals surface area contributed by atoms with Crippen LogP contribution in [0.15, 0.2) is 34.7 Å². The second-order valence-electron chi connectivity index (χ2n) is 4.16. The zero-order valence-corrected chi connectivity index (χ0v) is 10.9. The molecule has 0 radical (unpaired) electrons. The number of rotatable bonds is 4. The molecular weight excluding hydrogens is 244 g/mol. The molecule has 0 aliphatic rings. The third kappa shape index (κ3) is 3.07. The molecule has 5 heteroatoms. The summed E-state index contributed by atoms with van der Waals surface area (Å²) in [5.74, 6) is 1.24. The lowest BCUT2D eigenvalue weighted by atomic mass is 10.1. The van der Waals surface area contributed by atoms with E-state index in [-0.39, 0.29) is 0 Å². The fraction of sp³-hybridized carbons (Fsp3) is 0.214. The average Bonchev–Trinajstić information content (AvgIpc) is 2.83. The predicted octanol–water partition coefficient (Wildman–Crippen LogP) is 2.57. The van der Waals surface area contributed by atoms with Crippen molar-refractivity contribution >= 4 is 17.3 Å². The molecule has 1 aromatic carbocycles. The van der Waals surface area contributed by atoms with Crippen molar-refractivity contribution < 1.29 is 13.9 Å². The Morgan fingerprint density at radius 3 is 2.79 bits per heavy atom. The SMILES string of the molecule is COC(=O)c1cc(NCc2ccc(C)o2)ccc1N. The summed E-state index contributed by atoms with van der Waals surface area (Å²) in [4.78, 5) is 11.5. The normalized spacial score (nSPS) is 10.2. The summed E-state index contributed by atoms with van der Waals surface area (Å²) < 4.78 is 10.1. The summed E-state index contributed by atoms with van der Waals surface area (Å²) >= 11 is 0. The number of ether oxygens (including phenoxy) is 1. The number of anilines is 2. The molecule has 0 spiro atoms. The summed E-state index contributed by atoms with van der Waals surface area (Å²) in [6.07, 6.45) is 0. The lowest BCUT2D eigenvalue weighted by Crippen LogP contribution is -2.07. The van der Waals surface area contributed by atoms with E-state index in [9.17, 15) is 4.79 Å². The first kappa shape index (κ1) is 13.0. The first-order valence-corrected chi connectivity index (χ1v) is 5.87. The van der Waals surface area contributed by atoms with E-state index in [4.69, 9.17) is 10.2 Å². The molecule has 1 aromatic heterocycles. The third-order valence-corrected chi connectivity index (χ3v) is 2.72. The Bertz CT molecular complexity index is 590. The number of nitrogens with two attached hydrogens (primary N) is 1. The lowest BCUT2D eigenvalue weighted by molar-refractivity contribution is 0.0602. The quantitative estimate of drug-likeness (QED) is 0.652. The highest BCUT2D eigenvalue weighted by molar-refractivity contribution is 5.96. The summed E-state index contributed by atoms with van der Waals surface area (Å²) in [5, 5.41) is 3.16. The monoisotopic (exact) mass is 260 g/mol. The van der Waals surface area contributed by atoms with Crippen LogP contribution < -0.4 is 11.1 Å². The van der Waals surface area contributed by atoms with Gasteiger partial charge < -0.3 is 20.2 Å². The molecular formula is C14H16N2O3. The number of furan rings is 1.